The molecule has 3 aliphatic rings. The zero-order chi connectivity index (χ0) is 26.0. The summed E-state index contributed by atoms with van der Waals surface area (Å²) in [5.74, 6) is -0.845. The number of nitrogens with one attached hydrogen (secondary N) is 1. The number of hydrogen-bond donors (Lipinski definition) is 1. The summed E-state index contributed by atoms with van der Waals surface area (Å²) in [7, 11) is 0. The predicted molar refractivity (Wildman–Crippen MR) is 126 cm³/mol. The van der Waals surface area contributed by atoms with Crippen molar-refractivity contribution in [2.75, 3.05) is 44.4 Å². The standard InChI is InChI=1S/C24H32N6O7/c1-24(2,12-20(32)33)11-19(31)25-17-13-35-22-18(14-36-21(17)22)30-23(26-27-28-30)37-16-5-3-4-15(10-16)29-6-8-34-9-7-29/h3-5,10,17-18,21-22H,6-9,11-14H2,1-2H3,(H,25,31)(H,32,33)/p-1/t17-,18-,21+,22+/m0/s1. The number of carboxylic acids is 1. The van der Waals surface area contributed by atoms with Crippen molar-refractivity contribution in [3.63, 3.8) is 0 Å². The highest BCUT2D eigenvalue weighted by Crippen LogP contribution is 2.36. The normalized spacial score (nSPS) is 25.6. The molecular weight excluding hydrogens is 484 g/mol. The Hall–Kier alpha value is -3.29. The lowest BCUT2D eigenvalue weighted by Crippen LogP contribution is -2.45. The molecule has 2 aromatic rings. The summed E-state index contributed by atoms with van der Waals surface area (Å²) >= 11 is 0. The maximum absolute atomic E-state index is 12.6. The van der Waals surface area contributed by atoms with Gasteiger partial charge in [0.15, 0.2) is 0 Å². The van der Waals surface area contributed by atoms with Gasteiger partial charge in [-0.3, -0.25) is 4.79 Å². The molecule has 1 amide bonds. The van der Waals surface area contributed by atoms with Crippen LogP contribution in [0.1, 0.15) is 32.7 Å². The Labute approximate surface area is 214 Å². The third kappa shape index (κ3) is 5.84. The van der Waals surface area contributed by atoms with E-state index in [1.54, 1.807) is 18.5 Å². The maximum Gasteiger partial charge on any atom is 0.341 e. The van der Waals surface area contributed by atoms with Crippen LogP contribution in [0.5, 0.6) is 11.8 Å². The number of fused-ring (bicyclic) bond motifs is 1. The molecule has 0 aliphatic carbocycles. The Morgan fingerprint density at radius 1 is 1.16 bits per heavy atom. The van der Waals surface area contributed by atoms with E-state index < -0.39 is 11.4 Å². The van der Waals surface area contributed by atoms with Crippen LogP contribution in [0.4, 0.5) is 5.69 Å². The van der Waals surface area contributed by atoms with Crippen molar-refractivity contribution in [3.05, 3.63) is 24.3 Å². The Kier molecular flexibility index (Phi) is 7.26. The molecule has 1 N–H and O–H groups in total. The zero-order valence-electron chi connectivity index (χ0n) is 20.9. The van der Waals surface area contributed by atoms with E-state index in [4.69, 9.17) is 18.9 Å². The van der Waals surface area contributed by atoms with E-state index in [-0.39, 0.29) is 62.3 Å². The highest BCUT2D eigenvalue weighted by molar-refractivity contribution is 5.78. The molecule has 13 nitrogen and oxygen atoms in total. The van der Waals surface area contributed by atoms with Crippen molar-refractivity contribution in [2.45, 2.75) is 51.0 Å². The Bertz CT molecular complexity index is 1120. The molecule has 0 saturated carbocycles. The topological polar surface area (TPSA) is 153 Å². The summed E-state index contributed by atoms with van der Waals surface area (Å²) in [5.41, 5.74) is 0.308. The van der Waals surface area contributed by atoms with Gasteiger partial charge in [-0.15, -0.1) is 0 Å². The van der Waals surface area contributed by atoms with Crippen LogP contribution in [0, 0.1) is 5.41 Å². The van der Waals surface area contributed by atoms with Crippen molar-refractivity contribution in [1.29, 1.82) is 0 Å². The van der Waals surface area contributed by atoms with Crippen LogP contribution in [0.15, 0.2) is 24.3 Å². The number of amides is 1. The molecule has 0 unspecified atom stereocenters. The molecule has 13 heteroatoms. The molecule has 3 aliphatic heterocycles. The van der Waals surface area contributed by atoms with Gasteiger partial charge in [-0.25, -0.2) is 0 Å². The van der Waals surface area contributed by atoms with Crippen molar-refractivity contribution in [1.82, 2.24) is 25.5 Å². The number of aromatic nitrogens is 4. The van der Waals surface area contributed by atoms with E-state index in [1.165, 1.54) is 0 Å². The average Bonchev–Trinajstić information content (AvgIpc) is 3.56. The number of ether oxygens (including phenoxy) is 4. The van der Waals surface area contributed by atoms with E-state index in [0.29, 0.717) is 19.0 Å². The SMILES string of the molecule is CC(C)(CC(=O)[O-])CC(=O)N[C@H]1CO[C@H]2[C@@H]1OC[C@@H]2n1nnnc1Oc1cccc(N2CCOCC2)c1. The number of morpholine rings is 1. The van der Waals surface area contributed by atoms with E-state index in [0.717, 1.165) is 18.8 Å². The number of carbonyl (C=O) groups excluding carboxylic acids is 2. The second kappa shape index (κ2) is 10.6. The van der Waals surface area contributed by atoms with Gasteiger partial charge >= 0.3 is 6.01 Å². The molecule has 0 radical (unpaired) electrons. The van der Waals surface area contributed by atoms with Crippen molar-refractivity contribution < 1.29 is 33.6 Å². The largest absolute Gasteiger partial charge is 0.550 e. The zero-order valence-corrected chi connectivity index (χ0v) is 20.9. The summed E-state index contributed by atoms with van der Waals surface area (Å²) in [6, 6.07) is 7.24. The fourth-order valence-corrected chi connectivity index (χ4v) is 5.09. The number of anilines is 1. The highest BCUT2D eigenvalue weighted by atomic mass is 16.6. The summed E-state index contributed by atoms with van der Waals surface area (Å²) in [5, 5.41) is 25.9. The molecule has 0 spiro atoms. The number of aliphatic carboxylic acids is 1. The molecule has 3 saturated heterocycles. The minimum absolute atomic E-state index is 0.0484. The van der Waals surface area contributed by atoms with Crippen molar-refractivity contribution in [2.24, 2.45) is 5.41 Å². The summed E-state index contributed by atoms with van der Waals surface area (Å²) in [6.45, 7) is 6.98. The first kappa shape index (κ1) is 25.4. The van der Waals surface area contributed by atoms with Gasteiger partial charge in [-0.1, -0.05) is 25.0 Å². The number of rotatable bonds is 9. The fourth-order valence-electron chi connectivity index (χ4n) is 5.09. The molecule has 5 rings (SSSR count). The van der Waals surface area contributed by atoms with Gasteiger partial charge in [0.25, 0.3) is 0 Å². The number of tetrazole rings is 1. The van der Waals surface area contributed by atoms with Gasteiger partial charge < -0.3 is 39.1 Å². The van der Waals surface area contributed by atoms with Gasteiger partial charge in [0, 0.05) is 37.2 Å². The van der Waals surface area contributed by atoms with Crippen LogP contribution < -0.4 is 20.1 Å². The van der Waals surface area contributed by atoms with E-state index in [1.807, 2.05) is 24.3 Å². The first-order chi connectivity index (χ1) is 17.8. The summed E-state index contributed by atoms with van der Waals surface area (Å²) in [4.78, 5) is 25.8. The molecule has 0 bridgehead atoms. The minimum Gasteiger partial charge on any atom is -0.550 e. The van der Waals surface area contributed by atoms with Gasteiger partial charge in [-0.2, -0.15) is 4.68 Å². The fraction of sp³-hybridized carbons (Fsp3) is 0.625. The molecule has 4 atom stereocenters. The van der Waals surface area contributed by atoms with E-state index >= 15 is 0 Å². The summed E-state index contributed by atoms with van der Waals surface area (Å²) < 4.78 is 25.0. The van der Waals surface area contributed by atoms with Crippen molar-refractivity contribution >= 4 is 17.6 Å². The molecule has 200 valence electrons. The number of carbonyl (C=O) groups is 2. The smallest absolute Gasteiger partial charge is 0.341 e. The van der Waals surface area contributed by atoms with Crippen LogP contribution in [0.3, 0.4) is 0 Å². The second-order valence-corrected chi connectivity index (χ2v) is 10.3. The lowest BCUT2D eigenvalue weighted by atomic mass is 9.85. The number of hydrogen-bond acceptors (Lipinski definition) is 11. The minimum atomic E-state index is -1.18. The molecule has 3 fully saturated rings. The first-order valence-electron chi connectivity index (χ1n) is 12.4. The molecule has 1 aromatic heterocycles. The molecule has 1 aromatic carbocycles. The number of nitrogens with zero attached hydrogens (tertiary/aromatic N) is 5. The van der Waals surface area contributed by atoms with Gasteiger partial charge in [0.1, 0.15) is 24.0 Å². The highest BCUT2D eigenvalue weighted by Gasteiger charge is 2.50. The number of benzene rings is 1. The first-order valence-corrected chi connectivity index (χ1v) is 12.4. The van der Waals surface area contributed by atoms with Crippen LogP contribution in [-0.2, 0) is 23.8 Å². The van der Waals surface area contributed by atoms with Gasteiger partial charge in [0.05, 0.1) is 32.5 Å². The monoisotopic (exact) mass is 515 g/mol. The quantitative estimate of drug-likeness (QED) is 0.467. The van der Waals surface area contributed by atoms with Gasteiger partial charge in [-0.05, 0) is 34.4 Å². The Morgan fingerprint density at radius 2 is 1.95 bits per heavy atom. The Balaban J connectivity index is 1.22. The number of carboxylic acid groups (broad SMARTS) is 1. The maximum atomic E-state index is 12.6. The molecule has 37 heavy (non-hydrogen) atoms. The third-order valence-corrected chi connectivity index (χ3v) is 6.82. The molecular formula is C24H31N6O7-. The lowest BCUT2D eigenvalue weighted by molar-refractivity contribution is -0.307. The lowest BCUT2D eigenvalue weighted by Gasteiger charge is -2.29. The predicted octanol–water partition coefficient (Wildman–Crippen LogP) is -0.318. The third-order valence-electron chi connectivity index (χ3n) is 6.82. The van der Waals surface area contributed by atoms with Crippen LogP contribution in [0.2, 0.25) is 0 Å². The second-order valence-electron chi connectivity index (χ2n) is 10.3. The molecule has 4 heterocycles. The van der Waals surface area contributed by atoms with E-state index in [2.05, 4.69) is 25.7 Å². The van der Waals surface area contributed by atoms with E-state index in [9.17, 15) is 14.7 Å². The Morgan fingerprint density at radius 3 is 2.73 bits per heavy atom. The average molecular weight is 516 g/mol. The summed E-state index contributed by atoms with van der Waals surface area (Å²) in [6.07, 6.45) is -0.928. The van der Waals surface area contributed by atoms with Crippen LogP contribution >= 0.6 is 0 Å². The van der Waals surface area contributed by atoms with Gasteiger partial charge in [0.2, 0.25) is 5.91 Å². The van der Waals surface area contributed by atoms with Crippen molar-refractivity contribution in [3.8, 4) is 11.8 Å². The van der Waals surface area contributed by atoms with Crippen LogP contribution in [-0.4, -0.2) is 89.9 Å². The van der Waals surface area contributed by atoms with Crippen LogP contribution in [0.25, 0.3) is 0 Å².